The predicted octanol–water partition coefficient (Wildman–Crippen LogP) is 4.08. The summed E-state index contributed by atoms with van der Waals surface area (Å²) in [5.74, 6) is -1.07. The van der Waals surface area contributed by atoms with Gasteiger partial charge in [-0.3, -0.25) is 0 Å². The van der Waals surface area contributed by atoms with Gasteiger partial charge < -0.3 is 10.1 Å². The second-order valence-corrected chi connectivity index (χ2v) is 4.85. The molecule has 0 aliphatic heterocycles. The molecule has 0 amide bonds. The minimum Gasteiger partial charge on any atom is -0.488 e. The fourth-order valence-corrected chi connectivity index (χ4v) is 2.39. The van der Waals surface area contributed by atoms with Crippen LogP contribution in [0, 0.1) is 11.6 Å². The number of benzene rings is 2. The van der Waals surface area contributed by atoms with E-state index in [1.807, 2.05) is 44.3 Å². The summed E-state index contributed by atoms with van der Waals surface area (Å²) in [6.45, 7) is 1.98. The average Bonchev–Trinajstić information content (AvgIpc) is 2.47. The molecule has 1 N–H and O–H groups in total. The van der Waals surface area contributed by atoms with E-state index in [0.29, 0.717) is 6.42 Å². The zero-order chi connectivity index (χ0) is 15.2. The Labute approximate surface area is 123 Å². The van der Waals surface area contributed by atoms with Crippen LogP contribution >= 0.6 is 0 Å². The molecule has 2 rings (SSSR count). The van der Waals surface area contributed by atoms with Gasteiger partial charge in [-0.1, -0.05) is 37.3 Å². The first kappa shape index (κ1) is 15.4. The van der Waals surface area contributed by atoms with E-state index in [2.05, 4.69) is 5.32 Å². The fraction of sp³-hybridized carbons (Fsp3) is 0.294. The summed E-state index contributed by atoms with van der Waals surface area (Å²) in [5.41, 5.74) is 1.07. The largest absolute Gasteiger partial charge is 0.488 e. The molecule has 2 aromatic rings. The summed E-state index contributed by atoms with van der Waals surface area (Å²) >= 11 is 0. The summed E-state index contributed by atoms with van der Waals surface area (Å²) in [4.78, 5) is 0. The van der Waals surface area contributed by atoms with E-state index in [1.54, 1.807) is 0 Å². The predicted molar refractivity (Wildman–Crippen MR) is 79.3 cm³/mol. The molecule has 0 saturated carbocycles. The van der Waals surface area contributed by atoms with E-state index in [0.717, 1.165) is 11.6 Å². The Morgan fingerprint density at radius 1 is 1.05 bits per heavy atom. The molecule has 0 bridgehead atoms. The molecule has 0 spiro atoms. The molecule has 112 valence electrons. The van der Waals surface area contributed by atoms with E-state index in [9.17, 15) is 8.78 Å². The topological polar surface area (TPSA) is 21.3 Å². The third-order valence-electron chi connectivity index (χ3n) is 3.37. The number of ether oxygens (including phenoxy) is 1. The van der Waals surface area contributed by atoms with Crippen molar-refractivity contribution in [1.82, 2.24) is 5.32 Å². The Morgan fingerprint density at radius 2 is 1.67 bits per heavy atom. The molecule has 2 aromatic carbocycles. The van der Waals surface area contributed by atoms with Gasteiger partial charge in [0.1, 0.15) is 23.5 Å². The van der Waals surface area contributed by atoms with Gasteiger partial charge in [-0.15, -0.1) is 0 Å². The Bertz CT molecular complexity index is 554. The van der Waals surface area contributed by atoms with Crippen molar-refractivity contribution < 1.29 is 13.5 Å². The summed E-state index contributed by atoms with van der Waals surface area (Å²) in [6.07, 6.45) is 0.483. The highest BCUT2D eigenvalue weighted by atomic mass is 19.1. The SMILES string of the molecule is CCC(Oc1cc(F)cc(F)c1)C(NC)c1ccccc1. The number of nitrogens with one attached hydrogen (secondary N) is 1. The minimum atomic E-state index is -0.638. The Balaban J connectivity index is 2.21. The number of hydrogen-bond acceptors (Lipinski definition) is 2. The lowest BCUT2D eigenvalue weighted by atomic mass is 9.99. The lowest BCUT2D eigenvalue weighted by Gasteiger charge is -2.27. The average molecular weight is 291 g/mol. The molecular weight excluding hydrogens is 272 g/mol. The Kier molecular flexibility index (Phi) is 5.28. The summed E-state index contributed by atoms with van der Waals surface area (Å²) < 4.78 is 32.3. The maximum atomic E-state index is 13.3. The van der Waals surface area contributed by atoms with Gasteiger partial charge in [-0.05, 0) is 19.0 Å². The van der Waals surface area contributed by atoms with E-state index in [1.165, 1.54) is 12.1 Å². The first-order valence-corrected chi connectivity index (χ1v) is 6.99. The van der Waals surface area contributed by atoms with Crippen LogP contribution in [0.3, 0.4) is 0 Å². The van der Waals surface area contributed by atoms with Crippen LogP contribution in [0.25, 0.3) is 0 Å². The molecule has 21 heavy (non-hydrogen) atoms. The molecule has 0 radical (unpaired) electrons. The lowest BCUT2D eigenvalue weighted by Crippen LogP contribution is -2.33. The molecule has 2 unspecified atom stereocenters. The minimum absolute atomic E-state index is 0.0532. The molecule has 2 atom stereocenters. The van der Waals surface area contributed by atoms with Crippen molar-refractivity contribution in [2.24, 2.45) is 0 Å². The highest BCUT2D eigenvalue weighted by Gasteiger charge is 2.22. The maximum absolute atomic E-state index is 13.3. The van der Waals surface area contributed by atoms with Crippen molar-refractivity contribution in [3.05, 3.63) is 65.7 Å². The number of hydrogen-bond donors (Lipinski definition) is 1. The van der Waals surface area contributed by atoms with Gasteiger partial charge in [0.15, 0.2) is 0 Å². The van der Waals surface area contributed by atoms with Crippen LogP contribution in [0.5, 0.6) is 5.75 Å². The van der Waals surface area contributed by atoms with Gasteiger partial charge in [-0.25, -0.2) is 8.78 Å². The number of rotatable bonds is 6. The number of halogens is 2. The molecule has 2 nitrogen and oxygen atoms in total. The standard InChI is InChI=1S/C17H19F2NO/c1-3-16(17(20-2)12-7-5-4-6-8-12)21-15-10-13(18)9-14(19)11-15/h4-11,16-17,20H,3H2,1-2H3. The lowest BCUT2D eigenvalue weighted by molar-refractivity contribution is 0.151. The van der Waals surface area contributed by atoms with Crippen LogP contribution in [-0.4, -0.2) is 13.2 Å². The normalized spacial score (nSPS) is 13.7. The van der Waals surface area contributed by atoms with Gasteiger partial charge >= 0.3 is 0 Å². The van der Waals surface area contributed by atoms with E-state index >= 15 is 0 Å². The fourth-order valence-electron chi connectivity index (χ4n) is 2.39. The summed E-state index contributed by atoms with van der Waals surface area (Å²) in [6, 6.07) is 13.0. The van der Waals surface area contributed by atoms with Gasteiger partial charge in [-0.2, -0.15) is 0 Å². The van der Waals surface area contributed by atoms with E-state index in [4.69, 9.17) is 4.74 Å². The zero-order valence-corrected chi connectivity index (χ0v) is 12.1. The van der Waals surface area contributed by atoms with Crippen LogP contribution in [0.15, 0.2) is 48.5 Å². The third kappa shape index (κ3) is 4.02. The molecule has 0 saturated heterocycles. The highest BCUT2D eigenvalue weighted by molar-refractivity contribution is 5.25. The molecule has 0 aliphatic carbocycles. The monoisotopic (exact) mass is 291 g/mol. The van der Waals surface area contributed by atoms with Gasteiger partial charge in [0.2, 0.25) is 0 Å². The zero-order valence-electron chi connectivity index (χ0n) is 12.1. The van der Waals surface area contributed by atoms with Crippen molar-refractivity contribution in [1.29, 1.82) is 0 Å². The highest BCUT2D eigenvalue weighted by Crippen LogP contribution is 2.25. The van der Waals surface area contributed by atoms with Crippen molar-refractivity contribution in [3.63, 3.8) is 0 Å². The molecule has 4 heteroatoms. The first-order chi connectivity index (χ1) is 10.1. The summed E-state index contributed by atoms with van der Waals surface area (Å²) in [7, 11) is 1.84. The molecule has 0 heterocycles. The molecule has 0 fully saturated rings. The first-order valence-electron chi connectivity index (χ1n) is 6.99. The van der Waals surface area contributed by atoms with Crippen LogP contribution in [0.4, 0.5) is 8.78 Å². The van der Waals surface area contributed by atoms with Crippen LogP contribution in [-0.2, 0) is 0 Å². The van der Waals surface area contributed by atoms with Crippen LogP contribution in [0.2, 0.25) is 0 Å². The van der Waals surface area contributed by atoms with Gasteiger partial charge in [0.25, 0.3) is 0 Å². The summed E-state index contributed by atoms with van der Waals surface area (Å²) in [5, 5.41) is 3.21. The van der Waals surface area contributed by atoms with Gasteiger partial charge in [0, 0.05) is 18.2 Å². The second kappa shape index (κ2) is 7.18. The Hall–Kier alpha value is -1.94. The van der Waals surface area contributed by atoms with Crippen LogP contribution < -0.4 is 10.1 Å². The van der Waals surface area contributed by atoms with Crippen molar-refractivity contribution in [2.45, 2.75) is 25.5 Å². The van der Waals surface area contributed by atoms with Gasteiger partial charge in [0.05, 0.1) is 6.04 Å². The third-order valence-corrected chi connectivity index (χ3v) is 3.37. The van der Waals surface area contributed by atoms with Crippen molar-refractivity contribution >= 4 is 0 Å². The maximum Gasteiger partial charge on any atom is 0.129 e. The van der Waals surface area contributed by atoms with Crippen molar-refractivity contribution in [3.8, 4) is 5.75 Å². The molecule has 0 aliphatic rings. The molecular formula is C17H19F2NO. The quantitative estimate of drug-likeness (QED) is 0.865. The van der Waals surface area contributed by atoms with Crippen LogP contribution in [0.1, 0.15) is 24.9 Å². The van der Waals surface area contributed by atoms with E-state index < -0.39 is 11.6 Å². The second-order valence-electron chi connectivity index (χ2n) is 4.85. The number of likely N-dealkylation sites (N-methyl/N-ethyl adjacent to an activating group) is 1. The smallest absolute Gasteiger partial charge is 0.129 e. The Morgan fingerprint density at radius 3 is 2.19 bits per heavy atom. The molecule has 0 aromatic heterocycles. The van der Waals surface area contributed by atoms with E-state index in [-0.39, 0.29) is 17.9 Å². The van der Waals surface area contributed by atoms with Crippen molar-refractivity contribution in [2.75, 3.05) is 7.05 Å².